The van der Waals surface area contributed by atoms with Gasteiger partial charge in [0.1, 0.15) is 12.3 Å². The lowest BCUT2D eigenvalue weighted by molar-refractivity contribution is -0.138. The zero-order valence-corrected chi connectivity index (χ0v) is 15.6. The molecule has 1 aromatic heterocycles. The fourth-order valence-corrected chi connectivity index (χ4v) is 2.76. The molecule has 1 heterocycles. The molecule has 0 saturated carbocycles. The molecule has 0 aliphatic rings. The predicted molar refractivity (Wildman–Crippen MR) is 98.7 cm³/mol. The van der Waals surface area contributed by atoms with Crippen molar-refractivity contribution in [2.75, 3.05) is 7.05 Å². The van der Waals surface area contributed by atoms with Gasteiger partial charge in [-0.2, -0.15) is 13.2 Å². The van der Waals surface area contributed by atoms with Gasteiger partial charge in [-0.1, -0.05) is 53.7 Å². The fraction of sp³-hybridized carbons (Fsp3) is 0.250. The van der Waals surface area contributed by atoms with Crippen molar-refractivity contribution in [2.24, 2.45) is 0 Å². The number of ether oxygens (including phenoxy) is 1. The topological polar surface area (TPSA) is 60.2 Å². The first kappa shape index (κ1) is 20.4. The molecule has 0 N–H and O–H groups in total. The number of hydrogen-bond acceptors (Lipinski definition) is 4. The number of alkyl halides is 3. The Balaban J connectivity index is 1.56. The van der Waals surface area contributed by atoms with Crippen LogP contribution in [-0.2, 0) is 30.6 Å². The van der Waals surface area contributed by atoms with Crippen molar-refractivity contribution in [3.05, 3.63) is 83.2 Å². The number of carbonyl (C=O) groups excluding carboxylic acids is 1. The summed E-state index contributed by atoms with van der Waals surface area (Å²) >= 11 is 0. The van der Waals surface area contributed by atoms with Gasteiger partial charge in [-0.3, -0.25) is 0 Å². The highest BCUT2D eigenvalue weighted by atomic mass is 19.4. The van der Waals surface area contributed by atoms with Crippen molar-refractivity contribution in [3.63, 3.8) is 0 Å². The Kier molecular flexibility index (Phi) is 6.16. The lowest BCUT2D eigenvalue weighted by Gasteiger charge is -2.16. The Hall–Kier alpha value is -3.36. The normalized spacial score (nSPS) is 11.3. The molecule has 29 heavy (non-hydrogen) atoms. The highest BCUT2D eigenvalue weighted by molar-refractivity contribution is 5.67. The average Bonchev–Trinajstić information content (AvgIpc) is 3.14. The Bertz CT molecular complexity index is 958. The maximum atomic E-state index is 13.1. The lowest BCUT2D eigenvalue weighted by atomic mass is 10.1. The van der Waals surface area contributed by atoms with Crippen LogP contribution in [0.15, 0.2) is 60.8 Å². The van der Waals surface area contributed by atoms with Crippen LogP contribution in [-0.4, -0.2) is 33.0 Å². The van der Waals surface area contributed by atoms with Crippen LogP contribution in [0.5, 0.6) is 0 Å². The molecule has 3 rings (SSSR count). The quantitative estimate of drug-likeness (QED) is 0.620. The van der Waals surface area contributed by atoms with Crippen LogP contribution in [0.1, 0.15) is 22.4 Å². The van der Waals surface area contributed by atoms with E-state index >= 15 is 0 Å². The zero-order valence-electron chi connectivity index (χ0n) is 15.6. The van der Waals surface area contributed by atoms with Crippen LogP contribution in [0.3, 0.4) is 0 Å². The third-order valence-electron chi connectivity index (χ3n) is 4.16. The Morgan fingerprint density at radius 2 is 1.79 bits per heavy atom. The molecule has 0 aliphatic carbocycles. The third-order valence-corrected chi connectivity index (χ3v) is 4.16. The first-order valence-electron chi connectivity index (χ1n) is 8.79. The third kappa shape index (κ3) is 5.56. The molecule has 0 fully saturated rings. The SMILES string of the molecule is CN(Cc1ccccc1)C(=O)OCc1cn(Cc2ccccc2C(F)(F)F)nn1. The molecule has 1 amide bonds. The van der Waals surface area contributed by atoms with E-state index in [9.17, 15) is 18.0 Å². The molecule has 0 saturated heterocycles. The van der Waals surface area contributed by atoms with Gasteiger partial charge in [-0.15, -0.1) is 5.10 Å². The molecule has 0 spiro atoms. The molecule has 0 radical (unpaired) electrons. The first-order valence-corrected chi connectivity index (χ1v) is 8.79. The monoisotopic (exact) mass is 404 g/mol. The van der Waals surface area contributed by atoms with Crippen molar-refractivity contribution >= 4 is 6.09 Å². The van der Waals surface area contributed by atoms with Gasteiger partial charge in [0.15, 0.2) is 0 Å². The van der Waals surface area contributed by atoms with Crippen LogP contribution < -0.4 is 0 Å². The van der Waals surface area contributed by atoms with Crippen LogP contribution in [0.25, 0.3) is 0 Å². The molecule has 3 aromatic rings. The molecule has 9 heteroatoms. The van der Waals surface area contributed by atoms with E-state index < -0.39 is 17.8 Å². The fourth-order valence-electron chi connectivity index (χ4n) is 2.76. The Morgan fingerprint density at radius 3 is 2.52 bits per heavy atom. The van der Waals surface area contributed by atoms with E-state index in [1.165, 1.54) is 34.0 Å². The largest absolute Gasteiger partial charge is 0.443 e. The number of nitrogens with zero attached hydrogens (tertiary/aromatic N) is 4. The summed E-state index contributed by atoms with van der Waals surface area (Å²) in [6.07, 6.45) is -3.53. The average molecular weight is 404 g/mol. The summed E-state index contributed by atoms with van der Waals surface area (Å²) in [5.74, 6) is 0. The second-order valence-corrected chi connectivity index (χ2v) is 6.46. The maximum absolute atomic E-state index is 13.1. The number of hydrogen-bond donors (Lipinski definition) is 0. The van der Waals surface area contributed by atoms with Gasteiger partial charge >= 0.3 is 12.3 Å². The van der Waals surface area contributed by atoms with Gasteiger partial charge in [0.05, 0.1) is 18.3 Å². The standard InChI is InChI=1S/C20H19F3N4O2/c1-26(11-15-7-3-2-4-8-15)19(28)29-14-17-13-27(25-24-17)12-16-9-5-6-10-18(16)20(21,22)23/h2-10,13H,11-12,14H2,1H3. The van der Waals surface area contributed by atoms with Gasteiger partial charge in [-0.05, 0) is 17.2 Å². The van der Waals surface area contributed by atoms with Gasteiger partial charge < -0.3 is 9.64 Å². The molecule has 6 nitrogen and oxygen atoms in total. The van der Waals surface area contributed by atoms with Crippen molar-refractivity contribution in [2.45, 2.75) is 25.9 Å². The minimum atomic E-state index is -4.45. The van der Waals surface area contributed by atoms with Crippen molar-refractivity contribution in [1.29, 1.82) is 0 Å². The number of benzene rings is 2. The summed E-state index contributed by atoms with van der Waals surface area (Å²) in [5.41, 5.74) is 0.666. The molecule has 0 unspecified atom stereocenters. The van der Waals surface area contributed by atoms with Gasteiger partial charge in [0.2, 0.25) is 0 Å². The van der Waals surface area contributed by atoms with Crippen molar-refractivity contribution in [1.82, 2.24) is 19.9 Å². The molecule has 0 aliphatic heterocycles. The molecule has 0 bridgehead atoms. The van der Waals surface area contributed by atoms with Crippen molar-refractivity contribution in [3.8, 4) is 0 Å². The molecular weight excluding hydrogens is 385 g/mol. The van der Waals surface area contributed by atoms with E-state index in [1.807, 2.05) is 30.3 Å². The highest BCUT2D eigenvalue weighted by Crippen LogP contribution is 2.32. The second kappa shape index (κ2) is 8.76. The Morgan fingerprint density at radius 1 is 1.10 bits per heavy atom. The molecule has 152 valence electrons. The number of amides is 1. The Labute approximate surface area is 165 Å². The number of halogens is 3. The number of carbonyl (C=O) groups is 1. The van der Waals surface area contributed by atoms with E-state index in [-0.39, 0.29) is 18.7 Å². The van der Waals surface area contributed by atoms with Gasteiger partial charge in [-0.25, -0.2) is 9.48 Å². The molecule has 2 aromatic carbocycles. The lowest BCUT2D eigenvalue weighted by Crippen LogP contribution is -2.26. The van der Waals surface area contributed by atoms with Gasteiger partial charge in [0.25, 0.3) is 0 Å². The molecule has 0 atom stereocenters. The van der Waals surface area contributed by atoms with E-state index in [4.69, 9.17) is 4.74 Å². The van der Waals surface area contributed by atoms with Crippen LogP contribution in [0, 0.1) is 0 Å². The smallest absolute Gasteiger partial charge is 0.416 e. The predicted octanol–water partition coefficient (Wildman–Crippen LogP) is 4.11. The molecular formula is C20H19F3N4O2. The number of rotatable bonds is 6. The van der Waals surface area contributed by atoms with E-state index in [2.05, 4.69) is 10.3 Å². The van der Waals surface area contributed by atoms with Crippen LogP contribution >= 0.6 is 0 Å². The first-order chi connectivity index (χ1) is 13.8. The summed E-state index contributed by atoms with van der Waals surface area (Å²) in [7, 11) is 1.61. The van der Waals surface area contributed by atoms with E-state index in [0.717, 1.165) is 11.6 Å². The van der Waals surface area contributed by atoms with Crippen LogP contribution in [0.4, 0.5) is 18.0 Å². The zero-order chi connectivity index (χ0) is 20.9. The number of aromatic nitrogens is 3. The van der Waals surface area contributed by atoms with Gasteiger partial charge in [0, 0.05) is 13.6 Å². The maximum Gasteiger partial charge on any atom is 0.416 e. The van der Waals surface area contributed by atoms with E-state index in [0.29, 0.717) is 12.2 Å². The summed E-state index contributed by atoms with van der Waals surface area (Å²) in [5, 5.41) is 7.68. The summed E-state index contributed by atoms with van der Waals surface area (Å²) in [4.78, 5) is 13.5. The summed E-state index contributed by atoms with van der Waals surface area (Å²) < 4.78 is 45.7. The minimum absolute atomic E-state index is 0.0797. The summed E-state index contributed by atoms with van der Waals surface area (Å²) in [6.45, 7) is 0.171. The van der Waals surface area contributed by atoms with E-state index in [1.54, 1.807) is 7.05 Å². The highest BCUT2D eigenvalue weighted by Gasteiger charge is 2.32. The van der Waals surface area contributed by atoms with Crippen molar-refractivity contribution < 1.29 is 22.7 Å². The second-order valence-electron chi connectivity index (χ2n) is 6.46. The minimum Gasteiger partial charge on any atom is -0.443 e. The van der Waals surface area contributed by atoms with Crippen LogP contribution in [0.2, 0.25) is 0 Å². The summed E-state index contributed by atoms with van der Waals surface area (Å²) in [6, 6.07) is 14.7.